The highest BCUT2D eigenvalue weighted by atomic mass is 79.9. The van der Waals surface area contributed by atoms with E-state index in [0.717, 1.165) is 22.9 Å². The van der Waals surface area contributed by atoms with Gasteiger partial charge in [0.2, 0.25) is 5.91 Å². The number of piperidine rings is 1. The van der Waals surface area contributed by atoms with Gasteiger partial charge in [0.1, 0.15) is 0 Å². The van der Waals surface area contributed by atoms with Crippen LogP contribution in [0.5, 0.6) is 0 Å². The van der Waals surface area contributed by atoms with Crippen molar-refractivity contribution >= 4 is 39.4 Å². The molecule has 1 aliphatic carbocycles. The number of halogens is 2. The summed E-state index contributed by atoms with van der Waals surface area (Å²) in [5.74, 6) is -1.36. The van der Waals surface area contributed by atoms with Crippen molar-refractivity contribution in [2.75, 3.05) is 0 Å². The van der Waals surface area contributed by atoms with Crippen molar-refractivity contribution in [2.24, 2.45) is 5.92 Å². The number of nitrogens with zero attached hydrogens (tertiary/aromatic N) is 1. The third kappa shape index (κ3) is 2.81. The first-order valence-corrected chi connectivity index (χ1v) is 8.15. The van der Waals surface area contributed by atoms with Gasteiger partial charge < -0.3 is 10.0 Å². The van der Waals surface area contributed by atoms with Crippen LogP contribution >= 0.6 is 27.5 Å². The van der Waals surface area contributed by atoms with Gasteiger partial charge in [0.25, 0.3) is 0 Å². The summed E-state index contributed by atoms with van der Waals surface area (Å²) in [5.41, 5.74) is 0.801. The second kappa shape index (κ2) is 5.61. The zero-order valence-electron chi connectivity index (χ0n) is 11.3. The Hall–Kier alpha value is -1.07. The second-order valence-corrected chi connectivity index (χ2v) is 6.90. The second-order valence-electron chi connectivity index (χ2n) is 5.63. The average molecular weight is 373 g/mol. The average Bonchev–Trinajstić information content (AvgIpc) is 3.25. The molecule has 0 spiro atoms. The van der Waals surface area contributed by atoms with Crippen LogP contribution in [0.1, 0.15) is 37.3 Å². The van der Waals surface area contributed by atoms with Crippen molar-refractivity contribution in [2.45, 2.75) is 37.8 Å². The molecule has 2 aliphatic rings. The Balaban J connectivity index is 2.03. The van der Waals surface area contributed by atoms with Crippen LogP contribution in [0.2, 0.25) is 5.02 Å². The minimum Gasteiger partial charge on any atom is -0.481 e. The maximum atomic E-state index is 12.3. The molecular weight excluding hydrogens is 358 g/mol. The van der Waals surface area contributed by atoms with Crippen LogP contribution in [0, 0.1) is 5.92 Å². The number of benzene rings is 1. The fourth-order valence-electron chi connectivity index (χ4n) is 3.05. The van der Waals surface area contributed by atoms with Crippen LogP contribution in [-0.4, -0.2) is 27.9 Å². The molecule has 1 amide bonds. The van der Waals surface area contributed by atoms with Crippen molar-refractivity contribution in [3.05, 3.63) is 33.3 Å². The number of carboxylic acids is 1. The third-order valence-corrected chi connectivity index (χ3v) is 5.41. The van der Waals surface area contributed by atoms with Crippen LogP contribution in [0.4, 0.5) is 0 Å². The summed E-state index contributed by atoms with van der Waals surface area (Å²) in [6.45, 7) is 0. The smallest absolute Gasteiger partial charge is 0.308 e. The van der Waals surface area contributed by atoms with E-state index >= 15 is 0 Å². The molecule has 4 nitrogen and oxygen atoms in total. The molecule has 2 atom stereocenters. The van der Waals surface area contributed by atoms with Gasteiger partial charge >= 0.3 is 5.97 Å². The molecular formula is C15H15BrClNO3. The molecule has 1 aliphatic heterocycles. The van der Waals surface area contributed by atoms with E-state index in [2.05, 4.69) is 15.9 Å². The first-order valence-electron chi connectivity index (χ1n) is 6.98. The van der Waals surface area contributed by atoms with Gasteiger partial charge in [0.15, 0.2) is 0 Å². The highest BCUT2D eigenvalue weighted by Crippen LogP contribution is 2.44. The lowest BCUT2D eigenvalue weighted by Gasteiger charge is -2.40. The fourth-order valence-corrected chi connectivity index (χ4v) is 3.48. The zero-order chi connectivity index (χ0) is 15.1. The number of carboxylic acid groups (broad SMARTS) is 1. The molecule has 1 aromatic rings. The van der Waals surface area contributed by atoms with Gasteiger partial charge in [-0.25, -0.2) is 0 Å². The topological polar surface area (TPSA) is 57.6 Å². The number of carbonyl (C=O) groups excluding carboxylic acids is 1. The van der Waals surface area contributed by atoms with E-state index in [1.165, 1.54) is 0 Å². The minimum absolute atomic E-state index is 0.0547. The van der Waals surface area contributed by atoms with E-state index in [1.54, 1.807) is 17.0 Å². The fraction of sp³-hybridized carbons (Fsp3) is 0.467. The van der Waals surface area contributed by atoms with Gasteiger partial charge in [-0.1, -0.05) is 17.7 Å². The standard InChI is InChI=1S/C15H15BrClNO3/c16-11-5-1-8(7-12(11)17)14-10(15(20)21)4-6-13(19)18(14)9-2-3-9/h1,5,7,9-10,14H,2-4,6H2,(H,20,21). The molecule has 21 heavy (non-hydrogen) atoms. The lowest BCUT2D eigenvalue weighted by molar-refractivity contribution is -0.152. The van der Waals surface area contributed by atoms with Crippen LogP contribution in [0.15, 0.2) is 22.7 Å². The van der Waals surface area contributed by atoms with Crippen molar-refractivity contribution in [1.29, 1.82) is 0 Å². The number of rotatable bonds is 3. The van der Waals surface area contributed by atoms with Crippen molar-refractivity contribution < 1.29 is 14.7 Å². The minimum atomic E-state index is -0.850. The SMILES string of the molecule is O=C(O)C1CCC(=O)N(C2CC2)C1c1ccc(Br)c(Cl)c1. The normalized spacial score (nSPS) is 26.0. The van der Waals surface area contributed by atoms with Crippen molar-refractivity contribution in [3.8, 4) is 0 Å². The Morgan fingerprint density at radius 1 is 1.33 bits per heavy atom. The largest absolute Gasteiger partial charge is 0.481 e. The van der Waals surface area contributed by atoms with Crippen molar-refractivity contribution in [1.82, 2.24) is 4.90 Å². The molecule has 112 valence electrons. The van der Waals surface area contributed by atoms with Gasteiger partial charge in [-0.05, 0) is 52.9 Å². The predicted molar refractivity (Wildman–Crippen MR) is 82.1 cm³/mol. The number of carbonyl (C=O) groups is 2. The third-order valence-electron chi connectivity index (χ3n) is 4.18. The summed E-state index contributed by atoms with van der Waals surface area (Å²) in [6, 6.07) is 5.19. The number of aliphatic carboxylic acids is 1. The monoisotopic (exact) mass is 371 g/mol. The molecule has 6 heteroatoms. The number of hydrogen-bond donors (Lipinski definition) is 1. The Morgan fingerprint density at radius 2 is 2.05 bits per heavy atom. The molecule has 0 radical (unpaired) electrons. The summed E-state index contributed by atoms with van der Waals surface area (Å²) < 4.78 is 0.764. The van der Waals surface area contributed by atoms with Gasteiger partial charge in [-0.2, -0.15) is 0 Å². The van der Waals surface area contributed by atoms with Crippen molar-refractivity contribution in [3.63, 3.8) is 0 Å². The lowest BCUT2D eigenvalue weighted by atomic mass is 9.84. The first-order chi connectivity index (χ1) is 9.99. The van der Waals surface area contributed by atoms with Crippen LogP contribution in [0.25, 0.3) is 0 Å². The van der Waals surface area contributed by atoms with E-state index < -0.39 is 17.9 Å². The van der Waals surface area contributed by atoms with Crippen LogP contribution in [-0.2, 0) is 9.59 Å². The predicted octanol–water partition coefficient (Wildman–Crippen LogP) is 3.63. The molecule has 2 unspecified atom stereocenters. The number of hydrogen-bond acceptors (Lipinski definition) is 2. The van der Waals surface area contributed by atoms with Gasteiger partial charge in [-0.3, -0.25) is 9.59 Å². The quantitative estimate of drug-likeness (QED) is 0.881. The summed E-state index contributed by atoms with van der Waals surface area (Å²) >= 11 is 9.48. The highest BCUT2D eigenvalue weighted by molar-refractivity contribution is 9.10. The molecule has 0 aromatic heterocycles. The van der Waals surface area contributed by atoms with Gasteiger partial charge in [0.05, 0.1) is 17.0 Å². The lowest BCUT2D eigenvalue weighted by Crippen LogP contribution is -2.46. The molecule has 1 saturated heterocycles. The van der Waals surface area contributed by atoms with E-state index in [0.29, 0.717) is 17.9 Å². The summed E-state index contributed by atoms with van der Waals surface area (Å²) in [5, 5.41) is 10.1. The zero-order valence-corrected chi connectivity index (χ0v) is 13.6. The Kier molecular flexibility index (Phi) is 3.97. The molecule has 2 fully saturated rings. The van der Waals surface area contributed by atoms with Gasteiger partial charge in [0, 0.05) is 16.9 Å². The maximum Gasteiger partial charge on any atom is 0.308 e. The van der Waals surface area contributed by atoms with E-state index in [4.69, 9.17) is 11.6 Å². The van der Waals surface area contributed by atoms with Crippen LogP contribution < -0.4 is 0 Å². The first kappa shape index (κ1) is 14.9. The molecule has 1 aromatic carbocycles. The molecule has 1 N–H and O–H groups in total. The molecule has 1 saturated carbocycles. The Labute approximate surface area is 136 Å². The summed E-state index contributed by atoms with van der Waals surface area (Å²) in [4.78, 5) is 25.7. The molecule has 0 bridgehead atoms. The maximum absolute atomic E-state index is 12.3. The number of amides is 1. The summed E-state index contributed by atoms with van der Waals surface area (Å²) in [7, 11) is 0. The Morgan fingerprint density at radius 3 is 2.62 bits per heavy atom. The van der Waals surface area contributed by atoms with Gasteiger partial charge in [-0.15, -0.1) is 0 Å². The Bertz CT molecular complexity index is 603. The number of likely N-dealkylation sites (tertiary alicyclic amines) is 1. The summed E-state index contributed by atoms with van der Waals surface area (Å²) in [6.07, 6.45) is 2.61. The van der Waals surface area contributed by atoms with E-state index in [9.17, 15) is 14.7 Å². The van der Waals surface area contributed by atoms with E-state index in [-0.39, 0.29) is 11.9 Å². The van der Waals surface area contributed by atoms with E-state index in [1.807, 2.05) is 6.07 Å². The molecule has 1 heterocycles. The van der Waals surface area contributed by atoms with Crippen LogP contribution in [0.3, 0.4) is 0 Å². The highest BCUT2D eigenvalue weighted by Gasteiger charge is 2.46. The molecule has 3 rings (SSSR count).